The molecule has 2 N–H and O–H groups in total. The maximum absolute atomic E-state index is 12.7. The van der Waals surface area contributed by atoms with Crippen LogP contribution >= 0.6 is 11.3 Å². The number of benzene rings is 1. The zero-order valence-corrected chi connectivity index (χ0v) is 18.7. The highest BCUT2D eigenvalue weighted by Gasteiger charge is 2.31. The summed E-state index contributed by atoms with van der Waals surface area (Å²) in [5, 5.41) is 6.05. The van der Waals surface area contributed by atoms with E-state index in [-0.39, 0.29) is 23.5 Å². The molecule has 3 rings (SSSR count). The summed E-state index contributed by atoms with van der Waals surface area (Å²) in [6, 6.07) is 6.44. The Balaban J connectivity index is 1.61. The van der Waals surface area contributed by atoms with Crippen molar-refractivity contribution in [1.29, 1.82) is 0 Å². The molecule has 1 fully saturated rings. The van der Waals surface area contributed by atoms with E-state index in [0.29, 0.717) is 28.2 Å². The van der Waals surface area contributed by atoms with Crippen LogP contribution in [0.4, 0.5) is 10.7 Å². The average Bonchev–Trinajstić information content (AvgIpc) is 3.54. The molecule has 1 aliphatic carbocycles. The molecule has 31 heavy (non-hydrogen) atoms. The summed E-state index contributed by atoms with van der Waals surface area (Å²) < 4.78 is 5.26. The van der Waals surface area contributed by atoms with Gasteiger partial charge in [-0.1, -0.05) is 6.92 Å². The van der Waals surface area contributed by atoms with Crippen LogP contribution in [0.25, 0.3) is 0 Å². The van der Waals surface area contributed by atoms with Crippen LogP contribution in [0.2, 0.25) is 0 Å². The van der Waals surface area contributed by atoms with Gasteiger partial charge < -0.3 is 15.4 Å². The third-order valence-corrected chi connectivity index (χ3v) is 6.20. The Morgan fingerprint density at radius 1 is 1.06 bits per heavy atom. The van der Waals surface area contributed by atoms with Gasteiger partial charge in [-0.05, 0) is 62.9 Å². The minimum Gasteiger partial charge on any atom is -0.454 e. The molecule has 8 heteroatoms. The number of Topliss-reactive ketones (excluding diaryl/α,β-unsaturated/α-hetero) is 1. The summed E-state index contributed by atoms with van der Waals surface area (Å²) in [7, 11) is 0. The first-order chi connectivity index (χ1) is 14.8. The fraction of sp³-hybridized carbons (Fsp3) is 0.391. The number of ketones is 1. The average molecular weight is 443 g/mol. The van der Waals surface area contributed by atoms with Gasteiger partial charge in [0, 0.05) is 28.5 Å². The van der Waals surface area contributed by atoms with Crippen LogP contribution < -0.4 is 10.6 Å². The number of esters is 1. The molecule has 1 saturated carbocycles. The van der Waals surface area contributed by atoms with E-state index < -0.39 is 12.6 Å². The smallest absolute Gasteiger partial charge is 0.341 e. The Labute approximate surface area is 185 Å². The fourth-order valence-corrected chi connectivity index (χ4v) is 4.05. The molecule has 0 bridgehead atoms. The van der Waals surface area contributed by atoms with E-state index in [4.69, 9.17) is 4.74 Å². The number of aryl methyl sites for hydroxylation is 1. The number of carbonyl (C=O) groups is 4. The van der Waals surface area contributed by atoms with E-state index in [0.717, 1.165) is 29.7 Å². The first kappa shape index (κ1) is 22.7. The Hall–Kier alpha value is -3.00. The largest absolute Gasteiger partial charge is 0.454 e. The van der Waals surface area contributed by atoms with Crippen molar-refractivity contribution in [1.82, 2.24) is 0 Å². The molecular weight excluding hydrogens is 416 g/mol. The number of thiophene rings is 1. The van der Waals surface area contributed by atoms with Gasteiger partial charge in [0.25, 0.3) is 0 Å². The van der Waals surface area contributed by atoms with Crippen molar-refractivity contribution >= 4 is 45.6 Å². The normalized spacial score (nSPS) is 12.9. The third kappa shape index (κ3) is 5.79. The van der Waals surface area contributed by atoms with Gasteiger partial charge in [0.1, 0.15) is 5.00 Å². The molecule has 0 spiro atoms. The van der Waals surface area contributed by atoms with Gasteiger partial charge in [-0.3, -0.25) is 14.4 Å². The van der Waals surface area contributed by atoms with Crippen LogP contribution in [-0.2, 0) is 14.3 Å². The second kappa shape index (κ2) is 9.87. The predicted molar refractivity (Wildman–Crippen MR) is 120 cm³/mol. The lowest BCUT2D eigenvalue weighted by atomic mass is 10.1. The quantitative estimate of drug-likeness (QED) is 0.440. The van der Waals surface area contributed by atoms with Crippen LogP contribution in [0.15, 0.2) is 24.3 Å². The summed E-state index contributed by atoms with van der Waals surface area (Å²) in [6.45, 7) is 5.18. The van der Waals surface area contributed by atoms with Crippen LogP contribution in [-0.4, -0.2) is 30.2 Å². The Kier molecular flexibility index (Phi) is 7.22. The van der Waals surface area contributed by atoms with Gasteiger partial charge >= 0.3 is 5.97 Å². The molecule has 1 aliphatic rings. The molecule has 0 aliphatic heterocycles. The van der Waals surface area contributed by atoms with E-state index >= 15 is 0 Å². The molecule has 1 aromatic heterocycles. The molecule has 2 aromatic rings. The second-order valence-electron chi connectivity index (χ2n) is 7.63. The van der Waals surface area contributed by atoms with E-state index in [2.05, 4.69) is 10.6 Å². The standard InChI is InChI=1S/C23H26N2O5S/c1-4-5-19(27)24-17-10-8-15(9-11-17)18(26)12-30-23(29)20-13(2)14(3)31-22(20)25-21(28)16-6-7-16/h8-11,16H,4-7,12H2,1-3H3,(H,24,27)(H,25,28). The van der Waals surface area contributed by atoms with Gasteiger partial charge in [0.05, 0.1) is 5.56 Å². The molecule has 0 atom stereocenters. The summed E-state index contributed by atoms with van der Waals surface area (Å²) in [5.41, 5.74) is 2.02. The minimum absolute atomic E-state index is 0.0166. The Bertz CT molecular complexity index is 1010. The van der Waals surface area contributed by atoms with Crippen LogP contribution in [0, 0.1) is 19.8 Å². The number of hydrogen-bond acceptors (Lipinski definition) is 6. The molecule has 164 valence electrons. The number of nitrogens with one attached hydrogen (secondary N) is 2. The van der Waals surface area contributed by atoms with Gasteiger partial charge in [-0.2, -0.15) is 0 Å². The number of carbonyl (C=O) groups excluding carboxylic acids is 4. The van der Waals surface area contributed by atoms with E-state index in [1.807, 2.05) is 13.8 Å². The molecule has 0 saturated heterocycles. The van der Waals surface area contributed by atoms with Crippen molar-refractivity contribution in [2.24, 2.45) is 5.92 Å². The number of anilines is 2. The highest BCUT2D eigenvalue weighted by molar-refractivity contribution is 7.16. The minimum atomic E-state index is -0.634. The summed E-state index contributed by atoms with van der Waals surface area (Å²) >= 11 is 1.33. The first-order valence-corrected chi connectivity index (χ1v) is 11.1. The monoisotopic (exact) mass is 442 g/mol. The molecular formula is C23H26N2O5S. The molecule has 2 amide bonds. The fourth-order valence-electron chi connectivity index (χ4n) is 3.00. The van der Waals surface area contributed by atoms with Crippen molar-refractivity contribution in [3.05, 3.63) is 45.8 Å². The van der Waals surface area contributed by atoms with E-state index in [1.165, 1.54) is 11.3 Å². The van der Waals surface area contributed by atoms with Crippen LogP contribution in [0.1, 0.15) is 63.8 Å². The summed E-state index contributed by atoms with van der Waals surface area (Å²) in [4.78, 5) is 49.8. The van der Waals surface area contributed by atoms with Gasteiger partial charge in [0.2, 0.25) is 11.8 Å². The van der Waals surface area contributed by atoms with E-state index in [1.54, 1.807) is 31.2 Å². The predicted octanol–water partition coefficient (Wildman–Crippen LogP) is 4.49. The zero-order chi connectivity index (χ0) is 22.5. The second-order valence-corrected chi connectivity index (χ2v) is 8.85. The van der Waals surface area contributed by atoms with Crippen LogP contribution in [0.5, 0.6) is 0 Å². The SMILES string of the molecule is CCCC(=O)Nc1ccc(C(=O)COC(=O)c2c(NC(=O)C3CC3)sc(C)c2C)cc1. The maximum atomic E-state index is 12.7. The van der Waals surface area contributed by atoms with Gasteiger partial charge in [0.15, 0.2) is 12.4 Å². The summed E-state index contributed by atoms with van der Waals surface area (Å²) in [5.74, 6) is -1.14. The van der Waals surface area contributed by atoms with Crippen molar-refractivity contribution in [2.75, 3.05) is 17.2 Å². The van der Waals surface area contributed by atoms with Crippen molar-refractivity contribution < 1.29 is 23.9 Å². The van der Waals surface area contributed by atoms with Crippen LogP contribution in [0.3, 0.4) is 0 Å². The lowest BCUT2D eigenvalue weighted by molar-refractivity contribution is -0.117. The number of hydrogen-bond donors (Lipinski definition) is 2. The molecule has 0 unspecified atom stereocenters. The molecule has 1 aromatic carbocycles. The lowest BCUT2D eigenvalue weighted by Crippen LogP contribution is -2.18. The van der Waals surface area contributed by atoms with Gasteiger partial charge in [-0.15, -0.1) is 11.3 Å². The van der Waals surface area contributed by atoms with Gasteiger partial charge in [-0.25, -0.2) is 4.79 Å². The third-order valence-electron chi connectivity index (χ3n) is 5.08. The Morgan fingerprint density at radius 3 is 2.35 bits per heavy atom. The maximum Gasteiger partial charge on any atom is 0.341 e. The van der Waals surface area contributed by atoms with Crippen molar-refractivity contribution in [3.63, 3.8) is 0 Å². The highest BCUT2D eigenvalue weighted by atomic mass is 32.1. The number of ether oxygens (including phenoxy) is 1. The highest BCUT2D eigenvalue weighted by Crippen LogP contribution is 2.36. The lowest BCUT2D eigenvalue weighted by Gasteiger charge is -2.09. The zero-order valence-electron chi connectivity index (χ0n) is 17.9. The molecule has 0 radical (unpaired) electrons. The van der Waals surface area contributed by atoms with Crippen molar-refractivity contribution in [2.45, 2.75) is 46.5 Å². The molecule has 7 nitrogen and oxygen atoms in total. The van der Waals surface area contributed by atoms with Crippen molar-refractivity contribution in [3.8, 4) is 0 Å². The van der Waals surface area contributed by atoms with E-state index in [9.17, 15) is 19.2 Å². The first-order valence-electron chi connectivity index (χ1n) is 10.3. The number of amides is 2. The summed E-state index contributed by atoms with van der Waals surface area (Å²) in [6.07, 6.45) is 2.92. The topological polar surface area (TPSA) is 102 Å². The Morgan fingerprint density at radius 2 is 1.74 bits per heavy atom. The number of rotatable bonds is 9. The molecule has 1 heterocycles.